The minimum atomic E-state index is 0. The van der Waals surface area contributed by atoms with Gasteiger partial charge in [0.25, 0.3) is 0 Å². The summed E-state index contributed by atoms with van der Waals surface area (Å²) in [5, 5.41) is 9.62. The molecule has 1 heterocycles. The molecule has 0 fully saturated rings. The van der Waals surface area contributed by atoms with Gasteiger partial charge in [-0.15, -0.1) is 12.4 Å². The number of hydrogen-bond acceptors (Lipinski definition) is 3. The summed E-state index contributed by atoms with van der Waals surface area (Å²) in [6, 6.07) is 9.43. The summed E-state index contributed by atoms with van der Waals surface area (Å²) < 4.78 is 5.09. The number of nitrogens with zero attached hydrogens (tertiary/aromatic N) is 2. The quantitative estimate of drug-likeness (QED) is 0.742. The molecule has 0 bridgehead atoms. The van der Waals surface area contributed by atoms with E-state index in [2.05, 4.69) is 11.1 Å². The third-order valence-electron chi connectivity index (χ3n) is 2.02. The lowest BCUT2D eigenvalue weighted by molar-refractivity contribution is 0.415. The van der Waals surface area contributed by atoms with Crippen molar-refractivity contribution in [2.75, 3.05) is 7.11 Å². The van der Waals surface area contributed by atoms with Crippen LogP contribution in [-0.2, 0) is 0 Å². The van der Waals surface area contributed by atoms with E-state index in [1.165, 1.54) is 0 Å². The van der Waals surface area contributed by atoms with Crippen LogP contribution in [0, 0.1) is 11.3 Å². The van der Waals surface area contributed by atoms with E-state index in [4.69, 9.17) is 10.00 Å². The lowest BCUT2D eigenvalue weighted by atomic mass is 10.1. The first-order chi connectivity index (χ1) is 6.83. The maximum Gasteiger partial charge on any atom is 0.119 e. The fraction of sp³-hybridized carbons (Fsp3) is 0.0909. The van der Waals surface area contributed by atoms with Gasteiger partial charge < -0.3 is 4.74 Å². The number of pyridine rings is 1. The number of hydrogen-bond donors (Lipinski definition) is 0. The summed E-state index contributed by atoms with van der Waals surface area (Å²) in [5.41, 5.74) is 1.43. The summed E-state index contributed by atoms with van der Waals surface area (Å²) in [4.78, 5) is 4.15. The van der Waals surface area contributed by atoms with Crippen molar-refractivity contribution >= 4 is 23.3 Å². The normalized spacial score (nSPS) is 9.07. The number of nitriles is 1. The van der Waals surface area contributed by atoms with Gasteiger partial charge in [-0.05, 0) is 24.3 Å². The van der Waals surface area contributed by atoms with E-state index in [0.29, 0.717) is 5.56 Å². The molecule has 0 N–H and O–H groups in total. The molecule has 0 saturated carbocycles. The Hall–Kier alpha value is -1.79. The lowest BCUT2D eigenvalue weighted by Gasteiger charge is -2.01. The van der Waals surface area contributed by atoms with Gasteiger partial charge >= 0.3 is 0 Å². The lowest BCUT2D eigenvalue weighted by Crippen LogP contribution is -1.85. The van der Waals surface area contributed by atoms with Crippen LogP contribution >= 0.6 is 12.4 Å². The number of methoxy groups -OCH3 is 1. The van der Waals surface area contributed by atoms with E-state index in [1.807, 2.05) is 18.2 Å². The molecule has 0 atom stereocenters. The highest BCUT2D eigenvalue weighted by molar-refractivity contribution is 5.85. The fourth-order valence-electron chi connectivity index (χ4n) is 1.30. The average Bonchev–Trinajstić information content (AvgIpc) is 2.27. The third kappa shape index (κ3) is 2.17. The first-order valence-electron chi connectivity index (χ1n) is 4.17. The maximum absolute atomic E-state index is 8.70. The first-order valence-corrected chi connectivity index (χ1v) is 4.17. The molecule has 0 aliphatic rings. The topological polar surface area (TPSA) is 45.9 Å². The summed E-state index contributed by atoms with van der Waals surface area (Å²) in [6.07, 6.45) is 1.56. The molecule has 3 nitrogen and oxygen atoms in total. The molecule has 0 aliphatic carbocycles. The van der Waals surface area contributed by atoms with Crippen LogP contribution in [0.15, 0.2) is 30.5 Å². The first kappa shape index (κ1) is 11.3. The van der Waals surface area contributed by atoms with Crippen LogP contribution in [0.5, 0.6) is 5.75 Å². The maximum atomic E-state index is 8.70. The molecule has 2 aromatic rings. The van der Waals surface area contributed by atoms with Crippen LogP contribution in [0.25, 0.3) is 10.9 Å². The van der Waals surface area contributed by atoms with E-state index in [-0.39, 0.29) is 12.4 Å². The van der Waals surface area contributed by atoms with Gasteiger partial charge in [-0.1, -0.05) is 0 Å². The summed E-state index contributed by atoms with van der Waals surface area (Å²) in [6.45, 7) is 0. The number of rotatable bonds is 1. The number of fused-ring (bicyclic) bond motifs is 1. The number of ether oxygens (including phenoxy) is 1. The van der Waals surface area contributed by atoms with Crippen LogP contribution in [0.3, 0.4) is 0 Å². The van der Waals surface area contributed by atoms with Gasteiger partial charge in [0.05, 0.1) is 18.2 Å². The molecule has 76 valence electrons. The Bertz CT molecular complexity index is 519. The molecule has 0 radical (unpaired) electrons. The molecule has 1 aromatic carbocycles. The van der Waals surface area contributed by atoms with E-state index >= 15 is 0 Å². The molecule has 0 amide bonds. The van der Waals surface area contributed by atoms with Crippen molar-refractivity contribution in [1.82, 2.24) is 4.98 Å². The van der Waals surface area contributed by atoms with Crippen molar-refractivity contribution in [1.29, 1.82) is 5.26 Å². The van der Waals surface area contributed by atoms with Gasteiger partial charge in [0.15, 0.2) is 0 Å². The molecule has 4 heteroatoms. The van der Waals surface area contributed by atoms with Crippen molar-refractivity contribution in [2.24, 2.45) is 0 Å². The molecular formula is C11H9ClN2O. The van der Waals surface area contributed by atoms with Crippen LogP contribution < -0.4 is 4.74 Å². The molecule has 0 unspecified atom stereocenters. The Morgan fingerprint density at radius 1 is 1.33 bits per heavy atom. The van der Waals surface area contributed by atoms with Crippen molar-refractivity contribution < 1.29 is 4.74 Å². The molecule has 0 spiro atoms. The monoisotopic (exact) mass is 220 g/mol. The summed E-state index contributed by atoms with van der Waals surface area (Å²) in [7, 11) is 1.61. The summed E-state index contributed by atoms with van der Waals surface area (Å²) in [5.74, 6) is 0.773. The molecular weight excluding hydrogens is 212 g/mol. The van der Waals surface area contributed by atoms with E-state index in [1.54, 1.807) is 19.4 Å². The predicted octanol–water partition coefficient (Wildman–Crippen LogP) is 2.54. The minimum absolute atomic E-state index is 0. The molecule has 1 aromatic heterocycles. The third-order valence-corrected chi connectivity index (χ3v) is 2.02. The zero-order valence-electron chi connectivity index (χ0n) is 8.10. The van der Waals surface area contributed by atoms with Crippen LogP contribution in [0.2, 0.25) is 0 Å². The standard InChI is InChI=1S/C11H8N2O.ClH/c1-14-10-2-3-11-9(5-10)4-8(6-12)7-13-11;/h2-5,7H,1H3;1H. The van der Waals surface area contributed by atoms with Crippen molar-refractivity contribution in [2.45, 2.75) is 0 Å². The van der Waals surface area contributed by atoms with E-state index in [9.17, 15) is 0 Å². The van der Waals surface area contributed by atoms with Gasteiger partial charge in [0.2, 0.25) is 0 Å². The van der Waals surface area contributed by atoms with E-state index < -0.39 is 0 Å². The van der Waals surface area contributed by atoms with Gasteiger partial charge in [-0.25, -0.2) is 0 Å². The van der Waals surface area contributed by atoms with Gasteiger partial charge in [0.1, 0.15) is 11.8 Å². The molecule has 15 heavy (non-hydrogen) atoms. The number of benzene rings is 1. The summed E-state index contributed by atoms with van der Waals surface area (Å²) >= 11 is 0. The zero-order valence-corrected chi connectivity index (χ0v) is 8.91. The SMILES string of the molecule is COc1ccc2ncc(C#N)cc2c1.Cl. The van der Waals surface area contributed by atoms with Crippen molar-refractivity contribution in [3.8, 4) is 11.8 Å². The smallest absolute Gasteiger partial charge is 0.119 e. The highest BCUT2D eigenvalue weighted by atomic mass is 35.5. The second kappa shape index (κ2) is 4.63. The molecule has 0 aliphatic heterocycles. The molecule has 2 rings (SSSR count). The Morgan fingerprint density at radius 3 is 2.80 bits per heavy atom. The number of aromatic nitrogens is 1. The Balaban J connectivity index is 0.00000112. The van der Waals surface area contributed by atoms with Gasteiger partial charge in [0, 0.05) is 11.6 Å². The highest BCUT2D eigenvalue weighted by Crippen LogP contribution is 2.19. The minimum Gasteiger partial charge on any atom is -0.497 e. The Kier molecular flexibility index (Phi) is 3.48. The van der Waals surface area contributed by atoms with Crippen molar-refractivity contribution in [3.05, 3.63) is 36.0 Å². The number of halogens is 1. The van der Waals surface area contributed by atoms with Crippen molar-refractivity contribution in [3.63, 3.8) is 0 Å². The highest BCUT2D eigenvalue weighted by Gasteiger charge is 1.98. The fourth-order valence-corrected chi connectivity index (χ4v) is 1.30. The second-order valence-electron chi connectivity index (χ2n) is 2.89. The Labute approximate surface area is 93.7 Å². The largest absolute Gasteiger partial charge is 0.497 e. The van der Waals surface area contributed by atoms with Gasteiger partial charge in [-0.2, -0.15) is 5.26 Å². The average molecular weight is 221 g/mol. The van der Waals surface area contributed by atoms with Crippen LogP contribution in [0.1, 0.15) is 5.56 Å². The zero-order chi connectivity index (χ0) is 9.97. The predicted molar refractivity (Wildman–Crippen MR) is 60.3 cm³/mol. The molecule has 0 saturated heterocycles. The van der Waals surface area contributed by atoms with E-state index in [0.717, 1.165) is 16.7 Å². The van der Waals surface area contributed by atoms with Crippen LogP contribution in [-0.4, -0.2) is 12.1 Å². The van der Waals surface area contributed by atoms with Gasteiger partial charge in [-0.3, -0.25) is 4.98 Å². The second-order valence-corrected chi connectivity index (χ2v) is 2.89. The van der Waals surface area contributed by atoms with Crippen LogP contribution in [0.4, 0.5) is 0 Å². The Morgan fingerprint density at radius 2 is 2.13 bits per heavy atom.